The van der Waals surface area contributed by atoms with Gasteiger partial charge in [0.2, 0.25) is 0 Å². The Labute approximate surface area is 141 Å². The smallest absolute Gasteiger partial charge is 0.128 e. The molecule has 6 heteroatoms. The molecule has 0 saturated heterocycles. The van der Waals surface area contributed by atoms with Gasteiger partial charge < -0.3 is 25.0 Å². The lowest BCUT2D eigenvalue weighted by molar-refractivity contribution is 0.242. The van der Waals surface area contributed by atoms with E-state index < -0.39 is 6.10 Å². The number of aliphatic hydroxyl groups excluding tert-OH is 1. The number of phenolic OH excluding ortho intramolecular Hbond substituents is 1. The monoisotopic (exact) mass is 330 g/mol. The number of aliphatic imine (C=N–C) groups is 1. The molecule has 0 aliphatic heterocycles. The highest BCUT2D eigenvalue weighted by molar-refractivity contribution is 5.83. The topological polar surface area (TPSA) is 83.3 Å². The molecule has 2 rings (SSSR count). The second-order valence-electron chi connectivity index (χ2n) is 5.11. The van der Waals surface area contributed by atoms with Crippen LogP contribution in [-0.2, 0) is 4.74 Å². The Balaban J connectivity index is 1.78. The number of aromatic hydroxyl groups is 1. The number of ether oxygens (including phenoxy) is 2. The summed E-state index contributed by atoms with van der Waals surface area (Å²) in [4.78, 5) is 4.25. The summed E-state index contributed by atoms with van der Waals surface area (Å²) in [5.41, 5.74) is 1.39. The molecule has 1 unspecified atom stereocenters. The van der Waals surface area contributed by atoms with Crippen LogP contribution in [0.3, 0.4) is 0 Å². The highest BCUT2D eigenvalue weighted by Crippen LogP contribution is 2.21. The molecule has 1 atom stereocenters. The molecule has 24 heavy (non-hydrogen) atoms. The predicted octanol–water partition coefficient (Wildman–Crippen LogP) is 1.75. The minimum atomic E-state index is -0.683. The van der Waals surface area contributed by atoms with Crippen LogP contribution in [0.5, 0.6) is 11.5 Å². The van der Waals surface area contributed by atoms with Gasteiger partial charge in [-0.1, -0.05) is 6.08 Å². The van der Waals surface area contributed by atoms with Crippen molar-refractivity contribution in [1.29, 1.82) is 0 Å². The van der Waals surface area contributed by atoms with E-state index in [1.54, 1.807) is 63.1 Å². The van der Waals surface area contributed by atoms with E-state index in [9.17, 15) is 10.2 Å². The summed E-state index contributed by atoms with van der Waals surface area (Å²) in [6.45, 7) is 1.15. The van der Waals surface area contributed by atoms with Crippen LogP contribution < -0.4 is 10.1 Å². The highest BCUT2D eigenvalue weighted by atomic mass is 16.5. The number of benzene rings is 1. The second kappa shape index (κ2) is 8.79. The molecule has 1 aromatic rings. The number of hydrogen-bond donors (Lipinski definition) is 3. The molecule has 128 valence electrons. The Morgan fingerprint density at radius 3 is 2.75 bits per heavy atom. The Hall–Kier alpha value is -2.73. The Bertz CT molecular complexity index is 678. The maximum atomic E-state index is 9.91. The van der Waals surface area contributed by atoms with Crippen molar-refractivity contribution >= 4 is 6.21 Å². The number of aliphatic hydroxyl groups is 1. The largest absolute Gasteiger partial charge is 0.507 e. The van der Waals surface area contributed by atoms with Gasteiger partial charge in [-0.2, -0.15) is 0 Å². The van der Waals surface area contributed by atoms with E-state index in [0.717, 1.165) is 5.57 Å². The minimum absolute atomic E-state index is 0.129. The molecule has 1 aliphatic rings. The van der Waals surface area contributed by atoms with Gasteiger partial charge in [-0.3, -0.25) is 4.99 Å². The standard InChI is InChI=1S/C18H22N2O4/c1-23-15-5-3-13(17(21)9-15)11-19-7-8-20-12-14-4-6-16(24-2)10-18(14)22/h3-6,9-12,17,19,21-22H,7-8H2,1-2H3/b13-11-,20-12?. The van der Waals surface area contributed by atoms with Crippen LogP contribution in [0.1, 0.15) is 5.56 Å². The van der Waals surface area contributed by atoms with Gasteiger partial charge in [-0.25, -0.2) is 0 Å². The van der Waals surface area contributed by atoms with E-state index in [4.69, 9.17) is 9.47 Å². The normalized spacial score (nSPS) is 18.7. The summed E-state index contributed by atoms with van der Waals surface area (Å²) in [6, 6.07) is 5.06. The number of nitrogens with one attached hydrogen (secondary N) is 1. The van der Waals surface area contributed by atoms with Crippen LogP contribution in [0.4, 0.5) is 0 Å². The Kier molecular flexibility index (Phi) is 6.45. The summed E-state index contributed by atoms with van der Waals surface area (Å²) in [6.07, 6.45) is 7.92. The molecule has 6 nitrogen and oxygen atoms in total. The third-order valence-corrected chi connectivity index (χ3v) is 3.46. The quantitative estimate of drug-likeness (QED) is 0.524. The van der Waals surface area contributed by atoms with Crippen molar-refractivity contribution in [3.8, 4) is 11.5 Å². The van der Waals surface area contributed by atoms with Gasteiger partial charge >= 0.3 is 0 Å². The lowest BCUT2D eigenvalue weighted by atomic mass is 10.1. The van der Waals surface area contributed by atoms with Gasteiger partial charge in [-0.15, -0.1) is 0 Å². The first-order valence-electron chi connectivity index (χ1n) is 7.56. The Morgan fingerprint density at radius 2 is 2.08 bits per heavy atom. The van der Waals surface area contributed by atoms with Crippen molar-refractivity contribution in [2.75, 3.05) is 27.3 Å². The summed E-state index contributed by atoms with van der Waals surface area (Å²) in [5, 5.41) is 22.8. The molecule has 0 radical (unpaired) electrons. The van der Waals surface area contributed by atoms with Crippen LogP contribution in [0.2, 0.25) is 0 Å². The molecule has 0 bridgehead atoms. The third kappa shape index (κ3) is 4.89. The van der Waals surface area contributed by atoms with Gasteiger partial charge in [0.15, 0.2) is 0 Å². The zero-order chi connectivity index (χ0) is 17.4. The van der Waals surface area contributed by atoms with E-state index in [2.05, 4.69) is 10.3 Å². The first kappa shape index (κ1) is 17.6. The van der Waals surface area contributed by atoms with Crippen LogP contribution in [0, 0.1) is 0 Å². The van der Waals surface area contributed by atoms with Gasteiger partial charge in [0.05, 0.1) is 20.8 Å². The number of allylic oxidation sites excluding steroid dienone is 1. The fraction of sp³-hybridized carbons (Fsp3) is 0.278. The summed E-state index contributed by atoms with van der Waals surface area (Å²) >= 11 is 0. The zero-order valence-corrected chi connectivity index (χ0v) is 13.8. The average molecular weight is 330 g/mol. The number of phenols is 1. The molecule has 1 aromatic carbocycles. The maximum Gasteiger partial charge on any atom is 0.128 e. The van der Waals surface area contributed by atoms with Crippen molar-refractivity contribution in [2.24, 2.45) is 4.99 Å². The average Bonchev–Trinajstić information content (AvgIpc) is 2.60. The molecule has 0 saturated carbocycles. The van der Waals surface area contributed by atoms with Crippen LogP contribution in [0.15, 0.2) is 59.0 Å². The van der Waals surface area contributed by atoms with Crippen molar-refractivity contribution in [2.45, 2.75) is 6.10 Å². The molecular formula is C18H22N2O4. The second-order valence-corrected chi connectivity index (χ2v) is 5.11. The maximum absolute atomic E-state index is 9.91. The highest BCUT2D eigenvalue weighted by Gasteiger charge is 2.11. The van der Waals surface area contributed by atoms with Gasteiger partial charge in [-0.05, 0) is 24.3 Å². The van der Waals surface area contributed by atoms with Crippen molar-refractivity contribution in [3.63, 3.8) is 0 Å². The lowest BCUT2D eigenvalue weighted by Crippen LogP contribution is -2.16. The van der Waals surface area contributed by atoms with Crippen LogP contribution in [-0.4, -0.2) is 49.8 Å². The molecule has 0 amide bonds. The van der Waals surface area contributed by atoms with Crippen LogP contribution in [0.25, 0.3) is 0 Å². The summed E-state index contributed by atoms with van der Waals surface area (Å²) in [7, 11) is 3.11. The summed E-state index contributed by atoms with van der Waals surface area (Å²) in [5.74, 6) is 1.37. The molecule has 3 N–H and O–H groups in total. The first-order chi connectivity index (χ1) is 11.6. The van der Waals surface area contributed by atoms with Crippen molar-refractivity contribution in [1.82, 2.24) is 5.32 Å². The predicted molar refractivity (Wildman–Crippen MR) is 93.4 cm³/mol. The zero-order valence-electron chi connectivity index (χ0n) is 13.8. The van der Waals surface area contributed by atoms with Gasteiger partial charge in [0, 0.05) is 36.2 Å². The van der Waals surface area contributed by atoms with Crippen LogP contribution >= 0.6 is 0 Å². The van der Waals surface area contributed by atoms with E-state index in [1.807, 2.05) is 0 Å². The fourth-order valence-corrected chi connectivity index (χ4v) is 2.10. The minimum Gasteiger partial charge on any atom is -0.507 e. The Morgan fingerprint density at radius 1 is 1.25 bits per heavy atom. The fourth-order valence-electron chi connectivity index (χ4n) is 2.10. The molecule has 0 fully saturated rings. The lowest BCUT2D eigenvalue weighted by Gasteiger charge is -2.14. The van der Waals surface area contributed by atoms with E-state index in [1.165, 1.54) is 0 Å². The number of hydrogen-bond acceptors (Lipinski definition) is 6. The number of nitrogens with zero attached hydrogens (tertiary/aromatic N) is 1. The third-order valence-electron chi connectivity index (χ3n) is 3.46. The number of rotatable bonds is 7. The molecule has 1 aliphatic carbocycles. The van der Waals surface area contributed by atoms with Gasteiger partial charge in [0.1, 0.15) is 23.4 Å². The van der Waals surface area contributed by atoms with Crippen molar-refractivity contribution in [3.05, 3.63) is 59.5 Å². The van der Waals surface area contributed by atoms with E-state index in [0.29, 0.717) is 30.2 Å². The molecule has 0 aromatic heterocycles. The SMILES string of the molecule is COC1=CC(O)/C(=C\NCCN=Cc2ccc(OC)cc2O)C=C1. The summed E-state index contributed by atoms with van der Waals surface area (Å²) < 4.78 is 10.1. The number of methoxy groups -OCH3 is 2. The van der Waals surface area contributed by atoms with Crippen molar-refractivity contribution < 1.29 is 19.7 Å². The van der Waals surface area contributed by atoms with E-state index in [-0.39, 0.29) is 5.75 Å². The molecule has 0 spiro atoms. The molecule has 0 heterocycles. The van der Waals surface area contributed by atoms with E-state index >= 15 is 0 Å². The van der Waals surface area contributed by atoms with Gasteiger partial charge in [0.25, 0.3) is 0 Å². The molecular weight excluding hydrogens is 308 g/mol. The first-order valence-corrected chi connectivity index (χ1v) is 7.56.